The highest BCUT2D eigenvalue weighted by Crippen LogP contribution is 2.27. The normalized spacial score (nSPS) is 10.8. The van der Waals surface area contributed by atoms with Crippen LogP contribution in [0.2, 0.25) is 0 Å². The lowest BCUT2D eigenvalue weighted by molar-refractivity contribution is 0.340. The van der Waals surface area contributed by atoms with Gasteiger partial charge >= 0.3 is 0 Å². The molecule has 2 aromatic carbocycles. The van der Waals surface area contributed by atoms with Gasteiger partial charge in [0.25, 0.3) is 0 Å². The summed E-state index contributed by atoms with van der Waals surface area (Å²) < 4.78 is 18.3. The van der Waals surface area contributed by atoms with E-state index in [1.54, 1.807) is 23.5 Å². The second-order valence-corrected chi connectivity index (χ2v) is 6.42. The smallest absolute Gasteiger partial charge is 0.123 e. The Morgan fingerprint density at radius 3 is 2.50 bits per heavy atom. The number of aromatic nitrogens is 1. The van der Waals surface area contributed by atoms with Gasteiger partial charge in [0.1, 0.15) is 16.6 Å². The third-order valence-electron chi connectivity index (χ3n) is 3.52. The summed E-state index contributed by atoms with van der Waals surface area (Å²) in [5, 5.41) is 4.36. The Kier molecular flexibility index (Phi) is 5.56. The second-order valence-electron chi connectivity index (χ2n) is 5.31. The van der Waals surface area contributed by atoms with Crippen molar-refractivity contribution in [1.82, 2.24) is 10.3 Å². The average Bonchev–Trinajstić information content (AvgIpc) is 3.07. The predicted molar refractivity (Wildman–Crippen MR) is 95.7 cm³/mol. The van der Waals surface area contributed by atoms with Crippen LogP contribution in [0.4, 0.5) is 4.39 Å². The topological polar surface area (TPSA) is 34.1 Å². The molecule has 0 bridgehead atoms. The van der Waals surface area contributed by atoms with Crippen LogP contribution in [0.25, 0.3) is 10.4 Å². The SMILES string of the molecule is CCOc1ccc(-c2cnc(CNCc3ccc(F)cc3)s2)cc1. The fraction of sp³-hybridized carbons (Fsp3) is 0.211. The number of thiazole rings is 1. The van der Waals surface area contributed by atoms with Gasteiger partial charge in [-0.15, -0.1) is 11.3 Å². The van der Waals surface area contributed by atoms with E-state index >= 15 is 0 Å². The molecule has 0 unspecified atom stereocenters. The van der Waals surface area contributed by atoms with Crippen LogP contribution in [0.3, 0.4) is 0 Å². The maximum atomic E-state index is 12.9. The standard InChI is InChI=1S/C19H19FN2OS/c1-2-23-17-9-5-15(6-10-17)18-12-22-19(24-18)13-21-11-14-3-7-16(20)8-4-14/h3-10,12,21H,2,11,13H2,1H3. The fourth-order valence-electron chi connectivity index (χ4n) is 2.32. The minimum absolute atomic E-state index is 0.210. The van der Waals surface area contributed by atoms with Gasteiger partial charge < -0.3 is 10.1 Å². The first-order valence-electron chi connectivity index (χ1n) is 7.87. The van der Waals surface area contributed by atoms with Crippen molar-refractivity contribution in [3.63, 3.8) is 0 Å². The molecule has 0 radical (unpaired) electrons. The zero-order valence-corrected chi connectivity index (χ0v) is 14.3. The van der Waals surface area contributed by atoms with Gasteiger partial charge in [-0.3, -0.25) is 0 Å². The maximum absolute atomic E-state index is 12.9. The van der Waals surface area contributed by atoms with Crippen LogP contribution in [0.15, 0.2) is 54.7 Å². The molecule has 0 amide bonds. The van der Waals surface area contributed by atoms with Crippen molar-refractivity contribution in [2.24, 2.45) is 0 Å². The molecule has 1 aromatic heterocycles. The Hall–Kier alpha value is -2.24. The molecule has 1 heterocycles. The van der Waals surface area contributed by atoms with Crippen molar-refractivity contribution in [1.29, 1.82) is 0 Å². The van der Waals surface area contributed by atoms with Gasteiger partial charge in [-0.05, 0) is 54.4 Å². The monoisotopic (exact) mass is 342 g/mol. The molecule has 24 heavy (non-hydrogen) atoms. The van der Waals surface area contributed by atoms with Crippen LogP contribution >= 0.6 is 11.3 Å². The first-order chi connectivity index (χ1) is 11.7. The number of ether oxygens (including phenoxy) is 1. The molecule has 0 atom stereocenters. The fourth-order valence-corrected chi connectivity index (χ4v) is 3.22. The lowest BCUT2D eigenvalue weighted by Crippen LogP contribution is -2.12. The van der Waals surface area contributed by atoms with Gasteiger partial charge in [-0.2, -0.15) is 0 Å². The molecule has 0 aliphatic carbocycles. The molecule has 3 rings (SSSR count). The van der Waals surface area contributed by atoms with Crippen LogP contribution in [0.1, 0.15) is 17.5 Å². The van der Waals surface area contributed by atoms with Crippen molar-refractivity contribution >= 4 is 11.3 Å². The molecule has 1 N–H and O–H groups in total. The van der Waals surface area contributed by atoms with Gasteiger partial charge in [-0.25, -0.2) is 9.37 Å². The molecule has 5 heteroatoms. The molecule has 0 saturated heterocycles. The molecule has 124 valence electrons. The molecule has 0 saturated carbocycles. The molecular weight excluding hydrogens is 323 g/mol. The van der Waals surface area contributed by atoms with Gasteiger partial charge in [0.15, 0.2) is 0 Å². The van der Waals surface area contributed by atoms with E-state index < -0.39 is 0 Å². The predicted octanol–water partition coefficient (Wildman–Crippen LogP) is 4.64. The van der Waals surface area contributed by atoms with Gasteiger partial charge in [0, 0.05) is 19.3 Å². The summed E-state index contributed by atoms with van der Waals surface area (Å²) in [6, 6.07) is 14.6. The molecular formula is C19H19FN2OS. The number of rotatable bonds is 7. The highest BCUT2D eigenvalue weighted by atomic mass is 32.1. The van der Waals surface area contributed by atoms with Crippen LogP contribution in [-0.2, 0) is 13.1 Å². The van der Waals surface area contributed by atoms with Gasteiger partial charge in [0.05, 0.1) is 11.5 Å². The number of nitrogens with zero attached hydrogens (tertiary/aromatic N) is 1. The van der Waals surface area contributed by atoms with Crippen LogP contribution in [0.5, 0.6) is 5.75 Å². The summed E-state index contributed by atoms with van der Waals surface area (Å²) in [5.74, 6) is 0.672. The van der Waals surface area contributed by atoms with Gasteiger partial charge in [-0.1, -0.05) is 12.1 Å². The van der Waals surface area contributed by atoms with Crippen LogP contribution in [0, 0.1) is 5.82 Å². The Labute approximate surface area is 145 Å². The van der Waals surface area contributed by atoms with Crippen molar-refractivity contribution < 1.29 is 9.13 Å². The summed E-state index contributed by atoms with van der Waals surface area (Å²) in [5.41, 5.74) is 2.19. The molecule has 0 spiro atoms. The molecule has 0 aliphatic rings. The quantitative estimate of drug-likeness (QED) is 0.679. The van der Waals surface area contributed by atoms with E-state index in [-0.39, 0.29) is 5.82 Å². The van der Waals surface area contributed by atoms with E-state index in [0.29, 0.717) is 19.7 Å². The molecule has 3 nitrogen and oxygen atoms in total. The Morgan fingerprint density at radius 1 is 1.04 bits per heavy atom. The third-order valence-corrected chi connectivity index (χ3v) is 4.57. The number of hydrogen-bond acceptors (Lipinski definition) is 4. The Bertz CT molecular complexity index is 769. The minimum atomic E-state index is -0.210. The van der Waals surface area contributed by atoms with E-state index in [4.69, 9.17) is 4.74 Å². The zero-order chi connectivity index (χ0) is 16.8. The number of halogens is 1. The van der Waals surface area contributed by atoms with Crippen molar-refractivity contribution in [3.8, 4) is 16.2 Å². The van der Waals surface area contributed by atoms with E-state index in [9.17, 15) is 4.39 Å². The first kappa shape index (κ1) is 16.6. The summed E-state index contributed by atoms with van der Waals surface area (Å²) in [6.07, 6.45) is 1.90. The molecule has 0 fully saturated rings. The Balaban J connectivity index is 1.56. The highest BCUT2D eigenvalue weighted by molar-refractivity contribution is 7.15. The lowest BCUT2D eigenvalue weighted by atomic mass is 10.2. The van der Waals surface area contributed by atoms with Crippen molar-refractivity contribution in [3.05, 3.63) is 71.1 Å². The summed E-state index contributed by atoms with van der Waals surface area (Å²) >= 11 is 1.67. The minimum Gasteiger partial charge on any atom is -0.494 e. The number of hydrogen-bond donors (Lipinski definition) is 1. The van der Waals surface area contributed by atoms with E-state index in [2.05, 4.69) is 10.3 Å². The zero-order valence-electron chi connectivity index (χ0n) is 13.5. The summed E-state index contributed by atoms with van der Waals surface area (Å²) in [4.78, 5) is 5.60. The highest BCUT2D eigenvalue weighted by Gasteiger charge is 2.05. The molecule has 0 aliphatic heterocycles. The van der Waals surface area contributed by atoms with E-state index in [1.165, 1.54) is 12.1 Å². The van der Waals surface area contributed by atoms with Crippen molar-refractivity contribution in [2.75, 3.05) is 6.61 Å². The largest absolute Gasteiger partial charge is 0.494 e. The Morgan fingerprint density at radius 2 is 1.79 bits per heavy atom. The number of nitrogens with one attached hydrogen (secondary N) is 1. The first-order valence-corrected chi connectivity index (χ1v) is 8.69. The van der Waals surface area contributed by atoms with Crippen LogP contribution in [-0.4, -0.2) is 11.6 Å². The molecule has 3 aromatic rings. The lowest BCUT2D eigenvalue weighted by Gasteiger charge is -2.03. The maximum Gasteiger partial charge on any atom is 0.123 e. The summed E-state index contributed by atoms with van der Waals surface area (Å²) in [7, 11) is 0. The second kappa shape index (κ2) is 8.04. The van der Waals surface area contributed by atoms with Crippen molar-refractivity contribution in [2.45, 2.75) is 20.0 Å². The average molecular weight is 342 g/mol. The number of benzene rings is 2. The van der Waals surface area contributed by atoms with Gasteiger partial charge in [0.2, 0.25) is 0 Å². The van der Waals surface area contributed by atoms with E-state index in [1.807, 2.05) is 37.4 Å². The third kappa shape index (κ3) is 4.40. The van der Waals surface area contributed by atoms with Crippen LogP contribution < -0.4 is 10.1 Å². The van der Waals surface area contributed by atoms with E-state index in [0.717, 1.165) is 26.8 Å². The summed E-state index contributed by atoms with van der Waals surface area (Å²) in [6.45, 7) is 4.03.